The van der Waals surface area contributed by atoms with E-state index in [0.717, 1.165) is 35.1 Å². The lowest BCUT2D eigenvalue weighted by atomic mass is 10.0. The van der Waals surface area contributed by atoms with Crippen molar-refractivity contribution in [3.05, 3.63) is 65.9 Å². The number of hydrogen-bond donors (Lipinski definition) is 8. The molecule has 0 aliphatic heterocycles. The molecule has 278 valence electrons. The summed E-state index contributed by atoms with van der Waals surface area (Å²) in [5, 5.41) is 11.2. The summed E-state index contributed by atoms with van der Waals surface area (Å²) in [6.45, 7) is 4.15. The predicted octanol–water partition coefficient (Wildman–Crippen LogP) is 1.29. The first kappa shape index (κ1) is 41.9. The van der Waals surface area contributed by atoms with E-state index in [1.165, 1.54) is 13.8 Å². The second-order valence-electron chi connectivity index (χ2n) is 12.0. The van der Waals surface area contributed by atoms with Crippen molar-refractivity contribution in [3.8, 4) is 5.75 Å². The van der Waals surface area contributed by atoms with E-state index >= 15 is 0 Å². The van der Waals surface area contributed by atoms with Gasteiger partial charge in [0.15, 0.2) is 0 Å². The standard InChI is InChI=1S/C26H42N6O5.C10H10N2O2/c1-18(30-22(33)14-7-4-9-15-27)24(35)31-19(2)25(36)32-21(13-8-10-16-28)23(34)26(37)29-17-20-11-5-3-6-12-20;1-14-9-4-2-3-7-6(9)5-8(12-7)10(11)13/h3,5-6,11-12,18-19,21H,4,7-10,13-17,27-28H2,1-2H3,(H,29,37)(H,30,33)(H,31,35)(H,32,36);2-5,12H,1H3,(H2,11,13). The lowest BCUT2D eigenvalue weighted by Gasteiger charge is -2.22. The van der Waals surface area contributed by atoms with Gasteiger partial charge in [-0.3, -0.25) is 28.8 Å². The number of Topliss-reactive ketones (excluding diaryl/α,β-unsaturated/α-hetero) is 1. The number of rotatable bonds is 20. The lowest BCUT2D eigenvalue weighted by Crippen LogP contribution is -2.55. The topological polar surface area (TPSA) is 254 Å². The Morgan fingerprint density at radius 1 is 0.784 bits per heavy atom. The molecule has 51 heavy (non-hydrogen) atoms. The second-order valence-corrected chi connectivity index (χ2v) is 12.0. The van der Waals surface area contributed by atoms with Gasteiger partial charge < -0.3 is 48.2 Å². The summed E-state index contributed by atoms with van der Waals surface area (Å²) in [5.74, 6) is -2.73. The van der Waals surface area contributed by atoms with Crippen molar-refractivity contribution >= 4 is 46.2 Å². The number of methoxy groups -OCH3 is 1. The fourth-order valence-electron chi connectivity index (χ4n) is 4.91. The summed E-state index contributed by atoms with van der Waals surface area (Å²) in [6, 6.07) is 13.5. The number of unbranched alkanes of at least 4 members (excludes halogenated alkanes) is 3. The number of amides is 5. The zero-order valence-electron chi connectivity index (χ0n) is 29.6. The SMILES string of the molecule is CC(NC(=O)CCCCCN)C(=O)NC(C)C(=O)NC(CCCCN)C(=O)C(=O)NCc1ccccc1.COc1cccc2[nH]c(C(N)=O)cc12. The molecule has 15 heteroatoms. The monoisotopic (exact) mass is 708 g/mol. The van der Waals surface area contributed by atoms with Gasteiger partial charge in [-0.2, -0.15) is 0 Å². The Morgan fingerprint density at radius 3 is 2.08 bits per heavy atom. The molecule has 2 aromatic carbocycles. The number of ketones is 1. The van der Waals surface area contributed by atoms with Crippen LogP contribution in [-0.4, -0.2) is 78.6 Å². The van der Waals surface area contributed by atoms with Crippen molar-refractivity contribution in [1.29, 1.82) is 0 Å². The van der Waals surface area contributed by atoms with Gasteiger partial charge in [0.05, 0.1) is 13.2 Å². The van der Waals surface area contributed by atoms with Crippen LogP contribution in [0.2, 0.25) is 0 Å². The molecule has 0 aliphatic rings. The summed E-state index contributed by atoms with van der Waals surface area (Å²) in [7, 11) is 1.59. The minimum absolute atomic E-state index is 0.179. The lowest BCUT2D eigenvalue weighted by molar-refractivity contribution is -0.140. The highest BCUT2D eigenvalue weighted by molar-refractivity contribution is 6.38. The summed E-state index contributed by atoms with van der Waals surface area (Å²) >= 11 is 0. The van der Waals surface area contributed by atoms with Crippen LogP contribution in [0.25, 0.3) is 10.9 Å². The number of carbonyl (C=O) groups excluding carboxylic acids is 6. The number of fused-ring (bicyclic) bond motifs is 1. The highest BCUT2D eigenvalue weighted by Crippen LogP contribution is 2.25. The third kappa shape index (κ3) is 14.6. The Morgan fingerprint density at radius 2 is 1.43 bits per heavy atom. The largest absolute Gasteiger partial charge is 0.496 e. The molecule has 3 atom stereocenters. The smallest absolute Gasteiger partial charge is 0.289 e. The van der Waals surface area contributed by atoms with Gasteiger partial charge in [0.1, 0.15) is 23.5 Å². The summed E-state index contributed by atoms with van der Waals surface area (Å²) in [5.41, 5.74) is 18.2. The Bertz CT molecular complexity index is 1590. The molecule has 11 N–H and O–H groups in total. The third-order valence-electron chi connectivity index (χ3n) is 7.84. The molecule has 5 amide bonds. The maximum absolute atomic E-state index is 12.8. The zero-order valence-corrected chi connectivity index (χ0v) is 29.6. The van der Waals surface area contributed by atoms with E-state index in [9.17, 15) is 28.8 Å². The van der Waals surface area contributed by atoms with Crippen molar-refractivity contribution in [2.45, 2.75) is 83.5 Å². The quantitative estimate of drug-likeness (QED) is 0.0621. The number of H-pyrrole nitrogens is 1. The van der Waals surface area contributed by atoms with Crippen LogP contribution in [-0.2, 0) is 30.5 Å². The van der Waals surface area contributed by atoms with Gasteiger partial charge in [-0.15, -0.1) is 0 Å². The highest BCUT2D eigenvalue weighted by atomic mass is 16.5. The molecule has 0 radical (unpaired) electrons. The molecular weight excluding hydrogens is 656 g/mol. The van der Waals surface area contributed by atoms with E-state index in [-0.39, 0.29) is 25.3 Å². The van der Waals surface area contributed by atoms with Crippen molar-refractivity contribution in [2.24, 2.45) is 17.2 Å². The number of ether oxygens (including phenoxy) is 1. The fourth-order valence-corrected chi connectivity index (χ4v) is 4.91. The van der Waals surface area contributed by atoms with Gasteiger partial charge in [-0.25, -0.2) is 0 Å². The summed E-state index contributed by atoms with van der Waals surface area (Å²) in [4.78, 5) is 76.3. The molecule has 0 saturated heterocycles. The molecule has 3 unspecified atom stereocenters. The van der Waals surface area contributed by atoms with E-state index in [0.29, 0.717) is 38.0 Å². The van der Waals surface area contributed by atoms with Crippen molar-refractivity contribution in [2.75, 3.05) is 20.2 Å². The average Bonchev–Trinajstić information content (AvgIpc) is 3.58. The van der Waals surface area contributed by atoms with Gasteiger partial charge in [0.25, 0.3) is 11.8 Å². The van der Waals surface area contributed by atoms with Gasteiger partial charge in [-0.1, -0.05) is 42.8 Å². The number of hydrogen-bond acceptors (Lipinski definition) is 9. The normalized spacial score (nSPS) is 12.3. The second kappa shape index (κ2) is 22.4. The van der Waals surface area contributed by atoms with E-state index in [1.54, 1.807) is 13.2 Å². The molecule has 0 fully saturated rings. The number of nitrogens with one attached hydrogen (secondary N) is 5. The van der Waals surface area contributed by atoms with Crippen LogP contribution in [0.15, 0.2) is 54.6 Å². The van der Waals surface area contributed by atoms with Crippen LogP contribution in [0.1, 0.15) is 74.8 Å². The van der Waals surface area contributed by atoms with Crippen LogP contribution in [0.4, 0.5) is 0 Å². The fraction of sp³-hybridized carbons (Fsp3) is 0.444. The first-order valence-electron chi connectivity index (χ1n) is 17.0. The van der Waals surface area contributed by atoms with Crippen molar-refractivity contribution in [3.63, 3.8) is 0 Å². The van der Waals surface area contributed by atoms with Gasteiger partial charge in [0.2, 0.25) is 23.5 Å². The summed E-state index contributed by atoms with van der Waals surface area (Å²) in [6.07, 6.45) is 4.02. The molecule has 3 aromatic rings. The van der Waals surface area contributed by atoms with Gasteiger partial charge in [-0.05, 0) is 82.8 Å². The van der Waals surface area contributed by atoms with Crippen LogP contribution >= 0.6 is 0 Å². The molecule has 1 aromatic heterocycles. The molecule has 0 saturated carbocycles. The first-order chi connectivity index (χ1) is 24.4. The highest BCUT2D eigenvalue weighted by Gasteiger charge is 2.29. The number of carbonyl (C=O) groups is 6. The number of nitrogens with two attached hydrogens (primary N) is 3. The molecule has 15 nitrogen and oxygen atoms in total. The average molecular weight is 709 g/mol. The van der Waals surface area contributed by atoms with Gasteiger partial charge in [0, 0.05) is 23.9 Å². The van der Waals surface area contributed by atoms with Crippen LogP contribution in [0.5, 0.6) is 5.75 Å². The Labute approximate surface area is 298 Å². The van der Waals surface area contributed by atoms with Crippen LogP contribution < -0.4 is 43.2 Å². The van der Waals surface area contributed by atoms with E-state index in [2.05, 4.69) is 26.3 Å². The molecule has 3 rings (SSSR count). The Kier molecular flexibility index (Phi) is 18.4. The first-order valence-corrected chi connectivity index (χ1v) is 17.0. The van der Waals surface area contributed by atoms with Crippen molar-refractivity contribution < 1.29 is 33.5 Å². The molecule has 0 bridgehead atoms. The maximum Gasteiger partial charge on any atom is 0.289 e. The minimum atomic E-state index is -1.06. The third-order valence-corrected chi connectivity index (χ3v) is 7.84. The molecule has 0 aliphatic carbocycles. The number of primary amides is 1. The predicted molar refractivity (Wildman–Crippen MR) is 194 cm³/mol. The zero-order chi connectivity index (χ0) is 37.8. The maximum atomic E-state index is 12.8. The van der Waals surface area contributed by atoms with Crippen molar-refractivity contribution in [1.82, 2.24) is 26.3 Å². The molecule has 0 spiro atoms. The van der Waals surface area contributed by atoms with Crippen LogP contribution in [0.3, 0.4) is 0 Å². The molecule has 1 heterocycles. The number of aromatic nitrogens is 1. The Balaban J connectivity index is 0.000000528. The van der Waals surface area contributed by atoms with Gasteiger partial charge >= 0.3 is 0 Å². The Hall–Kier alpha value is -5.28. The summed E-state index contributed by atoms with van der Waals surface area (Å²) < 4.78 is 5.15. The number of aromatic amines is 1. The van der Waals surface area contributed by atoms with E-state index < -0.39 is 47.5 Å². The van der Waals surface area contributed by atoms with Crippen LogP contribution in [0, 0.1) is 0 Å². The van der Waals surface area contributed by atoms with E-state index in [4.69, 9.17) is 21.9 Å². The van der Waals surface area contributed by atoms with E-state index in [1.807, 2.05) is 48.5 Å². The number of benzene rings is 2. The molecular formula is C36H52N8O7. The minimum Gasteiger partial charge on any atom is -0.496 e.